The number of benzene rings is 1. The van der Waals surface area contributed by atoms with Crippen LogP contribution < -0.4 is 0 Å². The summed E-state index contributed by atoms with van der Waals surface area (Å²) in [5.74, 6) is 1.30. The first-order valence-electron chi connectivity index (χ1n) is 10.2. The van der Waals surface area contributed by atoms with E-state index in [1.54, 1.807) is 11.8 Å². The number of aromatic hydroxyl groups is 1. The molecule has 27 heavy (non-hydrogen) atoms. The molecule has 152 valence electrons. The van der Waals surface area contributed by atoms with Crippen LogP contribution in [0, 0.1) is 0 Å². The van der Waals surface area contributed by atoms with E-state index in [9.17, 15) is 5.11 Å². The predicted octanol–water partition coefficient (Wildman–Crippen LogP) is 6.77. The van der Waals surface area contributed by atoms with E-state index in [1.165, 1.54) is 37.7 Å². The van der Waals surface area contributed by atoms with Crippen LogP contribution in [0.3, 0.4) is 0 Å². The van der Waals surface area contributed by atoms with E-state index < -0.39 is 0 Å². The molecule has 1 aliphatic rings. The lowest BCUT2D eigenvalue weighted by Crippen LogP contribution is -2.35. The first kappa shape index (κ1) is 22.5. The molecule has 1 fully saturated rings. The average Bonchev–Trinajstić information content (AvgIpc) is 2.58. The van der Waals surface area contributed by atoms with Crippen LogP contribution in [-0.2, 0) is 16.6 Å². The van der Waals surface area contributed by atoms with Gasteiger partial charge >= 0.3 is 0 Å². The smallest absolute Gasteiger partial charge is 0.136 e. The Kier molecular flexibility index (Phi) is 7.29. The van der Waals surface area contributed by atoms with E-state index >= 15 is 0 Å². The molecule has 0 heterocycles. The third kappa shape index (κ3) is 5.87. The van der Waals surface area contributed by atoms with Crippen molar-refractivity contribution in [2.45, 2.75) is 96.3 Å². The van der Waals surface area contributed by atoms with E-state index in [0.717, 1.165) is 21.2 Å². The Labute approximate surface area is 176 Å². The van der Waals surface area contributed by atoms with Crippen LogP contribution in [0.25, 0.3) is 0 Å². The molecule has 1 N–H and O–H groups in total. The van der Waals surface area contributed by atoms with Crippen LogP contribution in [0.5, 0.6) is 5.75 Å². The standard InChI is InChI=1S/C23H37NOS2/c1-22(2,3)18-13-16(14-19(20(18)25)23(4,5)6)15-27-21(26)24(7)17-11-9-8-10-12-17/h13-14,17,25H,8-12,15H2,1-7H3. The summed E-state index contributed by atoms with van der Waals surface area (Å²) < 4.78 is 0.990. The van der Waals surface area contributed by atoms with Crippen molar-refractivity contribution in [1.82, 2.24) is 4.90 Å². The summed E-state index contributed by atoms with van der Waals surface area (Å²) in [5.41, 5.74) is 3.11. The normalized spacial score (nSPS) is 16.4. The van der Waals surface area contributed by atoms with Crippen molar-refractivity contribution in [3.63, 3.8) is 0 Å². The minimum absolute atomic E-state index is 0.0931. The fourth-order valence-corrected chi connectivity index (χ4v) is 4.92. The number of thiocarbonyl (C=S) groups is 1. The number of thioether (sulfide) groups is 1. The molecule has 0 radical (unpaired) electrons. The van der Waals surface area contributed by atoms with Gasteiger partial charge in [0, 0.05) is 18.8 Å². The molecule has 2 rings (SSSR count). The van der Waals surface area contributed by atoms with E-state index in [-0.39, 0.29) is 10.8 Å². The molecule has 2 nitrogen and oxygen atoms in total. The Balaban J connectivity index is 2.19. The molecule has 0 amide bonds. The van der Waals surface area contributed by atoms with Crippen LogP contribution in [-0.4, -0.2) is 27.4 Å². The summed E-state index contributed by atoms with van der Waals surface area (Å²) in [4.78, 5) is 2.31. The molecule has 0 aliphatic heterocycles. The van der Waals surface area contributed by atoms with Gasteiger partial charge in [0.1, 0.15) is 10.1 Å². The van der Waals surface area contributed by atoms with Crippen LogP contribution in [0.1, 0.15) is 90.3 Å². The van der Waals surface area contributed by atoms with Gasteiger partial charge in [0.15, 0.2) is 0 Å². The number of rotatable bonds is 3. The highest BCUT2D eigenvalue weighted by Gasteiger charge is 2.27. The van der Waals surface area contributed by atoms with Crippen molar-refractivity contribution in [1.29, 1.82) is 0 Å². The maximum absolute atomic E-state index is 10.9. The Morgan fingerprint density at radius 2 is 1.52 bits per heavy atom. The van der Waals surface area contributed by atoms with Crippen molar-refractivity contribution >= 4 is 28.3 Å². The highest BCUT2D eigenvalue weighted by Crippen LogP contribution is 2.40. The zero-order valence-corrected chi connectivity index (χ0v) is 19.8. The molecule has 1 aromatic carbocycles. The van der Waals surface area contributed by atoms with Crippen LogP contribution >= 0.6 is 24.0 Å². The van der Waals surface area contributed by atoms with Crippen LogP contribution in [0.2, 0.25) is 0 Å². The summed E-state index contributed by atoms with van der Waals surface area (Å²) >= 11 is 7.49. The second kappa shape index (κ2) is 8.73. The van der Waals surface area contributed by atoms with Gasteiger partial charge in [0.25, 0.3) is 0 Å². The lowest BCUT2D eigenvalue weighted by Gasteiger charge is -2.33. The fraction of sp³-hybridized carbons (Fsp3) is 0.696. The molecule has 0 bridgehead atoms. The molecule has 1 saturated carbocycles. The van der Waals surface area contributed by atoms with Gasteiger partial charge in [0.2, 0.25) is 0 Å². The molecule has 0 atom stereocenters. The van der Waals surface area contributed by atoms with Crippen LogP contribution in [0.15, 0.2) is 12.1 Å². The highest BCUT2D eigenvalue weighted by molar-refractivity contribution is 8.22. The van der Waals surface area contributed by atoms with Gasteiger partial charge in [-0.25, -0.2) is 0 Å². The number of nitrogens with zero attached hydrogens (tertiary/aromatic N) is 1. The lowest BCUT2D eigenvalue weighted by molar-refractivity contribution is 0.285. The van der Waals surface area contributed by atoms with Crippen molar-refractivity contribution in [2.75, 3.05) is 7.05 Å². The highest BCUT2D eigenvalue weighted by atomic mass is 32.2. The van der Waals surface area contributed by atoms with Crippen molar-refractivity contribution in [3.05, 3.63) is 28.8 Å². The van der Waals surface area contributed by atoms with E-state index in [4.69, 9.17) is 12.2 Å². The van der Waals surface area contributed by atoms with Crippen molar-refractivity contribution in [2.24, 2.45) is 0 Å². The molecule has 4 heteroatoms. The third-order valence-electron chi connectivity index (χ3n) is 5.56. The quantitative estimate of drug-likeness (QED) is 0.558. The monoisotopic (exact) mass is 407 g/mol. The SMILES string of the molecule is CN(C(=S)SCc1cc(C(C)(C)C)c(O)c(C(C)(C)C)c1)C1CCCCC1. The number of phenolic OH excluding ortho intramolecular Hbond substituents is 1. The van der Waals surface area contributed by atoms with Crippen LogP contribution in [0.4, 0.5) is 0 Å². The number of hydrogen-bond donors (Lipinski definition) is 1. The van der Waals surface area contributed by atoms with Gasteiger partial charge in [-0.15, -0.1) is 0 Å². The summed E-state index contributed by atoms with van der Waals surface area (Å²) in [6.07, 6.45) is 6.54. The van der Waals surface area contributed by atoms with Crippen molar-refractivity contribution in [3.8, 4) is 5.75 Å². The zero-order valence-electron chi connectivity index (χ0n) is 18.2. The predicted molar refractivity (Wildman–Crippen MR) is 124 cm³/mol. The second-order valence-corrected chi connectivity index (χ2v) is 11.6. The maximum atomic E-state index is 10.9. The van der Waals surface area contributed by atoms with Gasteiger partial charge in [-0.1, -0.05) is 96.9 Å². The number of phenols is 1. The topological polar surface area (TPSA) is 23.5 Å². The minimum atomic E-state index is -0.0931. The molecule has 0 saturated heterocycles. The van der Waals surface area contributed by atoms with E-state index in [0.29, 0.717) is 11.8 Å². The van der Waals surface area contributed by atoms with E-state index in [2.05, 4.69) is 65.6 Å². The fourth-order valence-electron chi connectivity index (χ4n) is 3.79. The summed E-state index contributed by atoms with van der Waals surface area (Å²) in [5, 5.41) is 10.9. The Morgan fingerprint density at radius 1 is 1.04 bits per heavy atom. The Hall–Kier alpha value is -0.740. The lowest BCUT2D eigenvalue weighted by atomic mass is 9.78. The van der Waals surface area contributed by atoms with Gasteiger partial charge in [-0.2, -0.15) is 0 Å². The first-order chi connectivity index (χ1) is 12.4. The Morgan fingerprint density at radius 3 is 1.96 bits per heavy atom. The number of hydrogen-bond acceptors (Lipinski definition) is 3. The van der Waals surface area contributed by atoms with Gasteiger partial charge in [-0.3, -0.25) is 0 Å². The maximum Gasteiger partial charge on any atom is 0.136 e. The summed E-state index contributed by atoms with van der Waals surface area (Å²) in [7, 11) is 2.16. The molecule has 0 unspecified atom stereocenters. The molecule has 0 spiro atoms. The summed E-state index contributed by atoms with van der Waals surface area (Å²) in [6, 6.07) is 4.94. The van der Waals surface area contributed by atoms with E-state index in [1.807, 2.05) is 0 Å². The molecule has 1 aliphatic carbocycles. The first-order valence-corrected chi connectivity index (χ1v) is 11.6. The Bertz CT molecular complexity index is 629. The summed E-state index contributed by atoms with van der Waals surface area (Å²) in [6.45, 7) is 13.0. The van der Waals surface area contributed by atoms with Gasteiger partial charge in [0.05, 0.1) is 0 Å². The minimum Gasteiger partial charge on any atom is -0.507 e. The zero-order chi connectivity index (χ0) is 20.4. The third-order valence-corrected chi connectivity index (χ3v) is 7.21. The molecule has 1 aromatic rings. The molecular weight excluding hydrogens is 370 g/mol. The van der Waals surface area contributed by atoms with Gasteiger partial charge in [-0.05, 0) is 40.4 Å². The van der Waals surface area contributed by atoms with Gasteiger partial charge < -0.3 is 10.0 Å². The average molecular weight is 408 g/mol. The molecular formula is C23H37NOS2. The largest absolute Gasteiger partial charge is 0.507 e. The second-order valence-electron chi connectivity index (χ2n) is 10.00. The molecule has 0 aromatic heterocycles. The van der Waals surface area contributed by atoms with Crippen molar-refractivity contribution < 1.29 is 5.11 Å².